The number of thiophene rings is 1. The molecule has 3 aromatic rings. The first-order valence-corrected chi connectivity index (χ1v) is 11.9. The molecule has 0 unspecified atom stereocenters. The molecule has 1 N–H and O–H groups in total. The molecule has 0 saturated carbocycles. The maximum atomic E-state index is 12.8. The molecule has 2 aromatic heterocycles. The van der Waals surface area contributed by atoms with E-state index in [2.05, 4.69) is 15.2 Å². The lowest BCUT2D eigenvalue weighted by atomic mass is 10.1. The normalized spacial score (nSPS) is 14.2. The van der Waals surface area contributed by atoms with Gasteiger partial charge in [-0.05, 0) is 62.8 Å². The molecule has 0 atom stereocenters. The molecule has 1 saturated heterocycles. The lowest BCUT2D eigenvalue weighted by Crippen LogP contribution is -2.30. The van der Waals surface area contributed by atoms with E-state index >= 15 is 0 Å². The van der Waals surface area contributed by atoms with Crippen LogP contribution in [0.4, 0.5) is 11.5 Å². The van der Waals surface area contributed by atoms with Gasteiger partial charge >= 0.3 is 0 Å². The van der Waals surface area contributed by atoms with Gasteiger partial charge in [0.15, 0.2) is 5.16 Å². The molecular formula is C21H24N4O2S2. The number of ether oxygens (including phenoxy) is 1. The average molecular weight is 429 g/mol. The van der Waals surface area contributed by atoms with Gasteiger partial charge in [-0.15, -0.1) is 11.3 Å². The Morgan fingerprint density at radius 2 is 1.97 bits per heavy atom. The first kappa shape index (κ1) is 20.0. The molecule has 4 rings (SSSR count). The molecule has 8 heteroatoms. The number of nitrogens with zero attached hydrogens (tertiary/aromatic N) is 3. The summed E-state index contributed by atoms with van der Waals surface area (Å²) in [6, 6.07) is 9.34. The van der Waals surface area contributed by atoms with Gasteiger partial charge in [-0.2, -0.15) is 0 Å². The predicted molar refractivity (Wildman–Crippen MR) is 121 cm³/mol. The number of anilines is 2. The van der Waals surface area contributed by atoms with Crippen LogP contribution in [0, 0.1) is 0 Å². The van der Waals surface area contributed by atoms with Crippen LogP contribution in [0.3, 0.4) is 0 Å². The van der Waals surface area contributed by atoms with Crippen molar-refractivity contribution in [1.29, 1.82) is 0 Å². The van der Waals surface area contributed by atoms with E-state index in [9.17, 15) is 4.79 Å². The minimum atomic E-state index is -0.132. The van der Waals surface area contributed by atoms with Gasteiger partial charge in [-0.25, -0.2) is 9.97 Å². The van der Waals surface area contributed by atoms with Crippen LogP contribution in [-0.2, 0) is 0 Å². The molecule has 0 aliphatic carbocycles. The predicted octanol–water partition coefficient (Wildman–Crippen LogP) is 5.05. The van der Waals surface area contributed by atoms with Gasteiger partial charge in [-0.1, -0.05) is 11.8 Å². The number of rotatable bonds is 6. The van der Waals surface area contributed by atoms with Crippen molar-refractivity contribution < 1.29 is 9.53 Å². The molecular weight excluding hydrogens is 404 g/mol. The van der Waals surface area contributed by atoms with Crippen molar-refractivity contribution in [2.24, 2.45) is 0 Å². The zero-order valence-electron chi connectivity index (χ0n) is 16.6. The van der Waals surface area contributed by atoms with Crippen molar-refractivity contribution in [3.63, 3.8) is 0 Å². The molecule has 0 bridgehead atoms. The molecule has 0 spiro atoms. The van der Waals surface area contributed by atoms with E-state index in [1.54, 1.807) is 0 Å². The van der Waals surface area contributed by atoms with Gasteiger partial charge < -0.3 is 15.0 Å². The van der Waals surface area contributed by atoms with Crippen molar-refractivity contribution in [3.05, 3.63) is 35.2 Å². The number of benzene rings is 1. The fourth-order valence-electron chi connectivity index (χ4n) is 3.43. The van der Waals surface area contributed by atoms with Gasteiger partial charge in [0.2, 0.25) is 0 Å². The fraction of sp³-hybridized carbons (Fsp3) is 0.381. The Morgan fingerprint density at radius 3 is 2.66 bits per heavy atom. The van der Waals surface area contributed by atoms with E-state index in [0.717, 1.165) is 45.7 Å². The summed E-state index contributed by atoms with van der Waals surface area (Å²) >= 11 is 2.95. The average Bonchev–Trinajstić information content (AvgIpc) is 3.19. The number of carbonyl (C=O) groups is 1. The van der Waals surface area contributed by atoms with Crippen molar-refractivity contribution in [2.75, 3.05) is 36.2 Å². The number of aromatic nitrogens is 2. The molecule has 1 aliphatic rings. The van der Waals surface area contributed by atoms with E-state index in [-0.39, 0.29) is 5.91 Å². The number of amides is 1. The van der Waals surface area contributed by atoms with Crippen molar-refractivity contribution >= 4 is 50.7 Å². The van der Waals surface area contributed by atoms with Crippen LogP contribution in [0.2, 0.25) is 0 Å². The number of piperidine rings is 1. The third-order valence-corrected chi connectivity index (χ3v) is 6.41. The molecule has 6 nitrogen and oxygen atoms in total. The molecule has 0 radical (unpaired) electrons. The molecule has 1 fully saturated rings. The van der Waals surface area contributed by atoms with E-state index in [0.29, 0.717) is 11.5 Å². The largest absolute Gasteiger partial charge is 0.494 e. The number of fused-ring (bicyclic) bond motifs is 1. The SMILES string of the molecule is CCOc1ccc(NC(=O)c2cc3c(N4CCCCC4)nc(SC)nc3s2)cc1. The maximum Gasteiger partial charge on any atom is 0.265 e. The van der Waals surface area contributed by atoms with Crippen LogP contribution < -0.4 is 15.0 Å². The van der Waals surface area contributed by atoms with Crippen molar-refractivity contribution in [1.82, 2.24) is 9.97 Å². The van der Waals surface area contributed by atoms with Crippen molar-refractivity contribution in [3.8, 4) is 5.75 Å². The van der Waals surface area contributed by atoms with Crippen LogP contribution in [0.25, 0.3) is 10.2 Å². The number of thioether (sulfide) groups is 1. The van der Waals surface area contributed by atoms with Gasteiger partial charge in [0.05, 0.1) is 16.9 Å². The number of hydrogen-bond acceptors (Lipinski definition) is 7. The van der Waals surface area contributed by atoms with Crippen LogP contribution in [0.5, 0.6) is 5.75 Å². The fourth-order valence-corrected chi connectivity index (χ4v) is 4.77. The molecule has 3 heterocycles. The summed E-state index contributed by atoms with van der Waals surface area (Å²) in [6.07, 6.45) is 5.60. The number of carbonyl (C=O) groups excluding carboxylic acids is 1. The molecule has 29 heavy (non-hydrogen) atoms. The van der Waals surface area contributed by atoms with Crippen LogP contribution in [0.15, 0.2) is 35.5 Å². The highest BCUT2D eigenvalue weighted by Crippen LogP contribution is 2.34. The number of nitrogens with one attached hydrogen (secondary N) is 1. The second kappa shape index (κ2) is 9.00. The monoisotopic (exact) mass is 428 g/mol. The number of hydrogen-bond donors (Lipinski definition) is 1. The van der Waals surface area contributed by atoms with Crippen LogP contribution in [-0.4, -0.2) is 41.8 Å². The Bertz CT molecular complexity index is 998. The first-order valence-electron chi connectivity index (χ1n) is 9.82. The Morgan fingerprint density at radius 1 is 1.21 bits per heavy atom. The quantitative estimate of drug-likeness (QED) is 0.437. The second-order valence-corrected chi connectivity index (χ2v) is 8.63. The third kappa shape index (κ3) is 4.48. The standard InChI is InChI=1S/C21H24N4O2S2/c1-3-27-15-9-7-14(8-10-15)22-19(26)17-13-16-18(25-11-5-4-6-12-25)23-21(28-2)24-20(16)29-17/h7-10,13H,3-6,11-12H2,1-2H3,(H,22,26). The van der Waals surface area contributed by atoms with Gasteiger partial charge in [0.25, 0.3) is 5.91 Å². The Balaban J connectivity index is 1.61. The zero-order valence-corrected chi connectivity index (χ0v) is 18.2. The summed E-state index contributed by atoms with van der Waals surface area (Å²) in [6.45, 7) is 4.57. The minimum Gasteiger partial charge on any atom is -0.494 e. The Kier molecular flexibility index (Phi) is 6.20. The summed E-state index contributed by atoms with van der Waals surface area (Å²) in [4.78, 5) is 26.1. The maximum absolute atomic E-state index is 12.8. The topological polar surface area (TPSA) is 67.3 Å². The van der Waals surface area contributed by atoms with Crippen LogP contribution >= 0.6 is 23.1 Å². The summed E-state index contributed by atoms with van der Waals surface area (Å²) in [7, 11) is 0. The van der Waals surface area contributed by atoms with Crippen LogP contribution in [0.1, 0.15) is 35.9 Å². The van der Waals surface area contributed by atoms with Gasteiger partial charge in [-0.3, -0.25) is 4.79 Å². The lowest BCUT2D eigenvalue weighted by Gasteiger charge is -2.28. The highest BCUT2D eigenvalue weighted by Gasteiger charge is 2.21. The second-order valence-electron chi connectivity index (χ2n) is 6.82. The smallest absolute Gasteiger partial charge is 0.265 e. The lowest BCUT2D eigenvalue weighted by molar-refractivity contribution is 0.103. The first-order chi connectivity index (χ1) is 14.2. The van der Waals surface area contributed by atoms with Crippen molar-refractivity contribution in [2.45, 2.75) is 31.3 Å². The van der Waals surface area contributed by atoms with Gasteiger partial charge in [0.1, 0.15) is 16.4 Å². The summed E-state index contributed by atoms with van der Waals surface area (Å²) in [5, 5.41) is 4.68. The third-order valence-electron chi connectivity index (χ3n) is 4.84. The minimum absolute atomic E-state index is 0.132. The molecule has 1 amide bonds. The van der Waals surface area contributed by atoms with E-state index in [4.69, 9.17) is 9.72 Å². The highest BCUT2D eigenvalue weighted by atomic mass is 32.2. The van der Waals surface area contributed by atoms with E-state index < -0.39 is 0 Å². The van der Waals surface area contributed by atoms with E-state index in [1.807, 2.05) is 43.5 Å². The highest BCUT2D eigenvalue weighted by molar-refractivity contribution is 7.98. The summed E-state index contributed by atoms with van der Waals surface area (Å²) < 4.78 is 5.45. The molecule has 152 valence electrons. The van der Waals surface area contributed by atoms with Gasteiger partial charge in [0, 0.05) is 18.8 Å². The Labute approximate surface area is 178 Å². The summed E-state index contributed by atoms with van der Waals surface area (Å²) in [5.41, 5.74) is 0.739. The Hall–Kier alpha value is -2.32. The van der Waals surface area contributed by atoms with E-state index in [1.165, 1.54) is 42.4 Å². The zero-order chi connectivity index (χ0) is 20.2. The summed E-state index contributed by atoms with van der Waals surface area (Å²) in [5.74, 6) is 1.61. The molecule has 1 aromatic carbocycles. The molecule has 1 aliphatic heterocycles.